The van der Waals surface area contributed by atoms with Crippen LogP contribution in [0.25, 0.3) is 11.0 Å². The van der Waals surface area contributed by atoms with Gasteiger partial charge in [0, 0.05) is 24.5 Å². The summed E-state index contributed by atoms with van der Waals surface area (Å²) in [5.74, 6) is 1.19. The number of benzene rings is 3. The van der Waals surface area contributed by atoms with E-state index in [1.807, 2.05) is 24.3 Å². The zero-order chi connectivity index (χ0) is 25.7. The molecule has 0 radical (unpaired) electrons. The van der Waals surface area contributed by atoms with Crippen LogP contribution in [0, 0.1) is 27.7 Å². The summed E-state index contributed by atoms with van der Waals surface area (Å²) in [6.45, 7) is 10.4. The van der Waals surface area contributed by atoms with Crippen molar-refractivity contribution in [1.82, 2.24) is 14.9 Å². The number of aryl methyl sites for hydroxylation is 3. The van der Waals surface area contributed by atoms with E-state index >= 15 is 0 Å². The molecule has 0 saturated carbocycles. The SMILES string of the molecule is Cc1cc(C)c(C)c(Cn2c(CCCCCNC(=O)Cc3ccc(Cl)cc3)nc3ccccc32)c1C. The maximum atomic E-state index is 12.2. The third-order valence-electron chi connectivity index (χ3n) is 7.25. The molecule has 0 aliphatic rings. The van der Waals surface area contributed by atoms with E-state index in [0.717, 1.165) is 49.1 Å². The number of amides is 1. The second kappa shape index (κ2) is 11.7. The number of imidazole rings is 1. The second-order valence-electron chi connectivity index (χ2n) is 9.81. The lowest BCUT2D eigenvalue weighted by atomic mass is 9.94. The maximum absolute atomic E-state index is 12.2. The van der Waals surface area contributed by atoms with Crippen LogP contribution in [0.2, 0.25) is 5.02 Å². The highest BCUT2D eigenvalue weighted by Crippen LogP contribution is 2.26. The molecule has 0 fully saturated rings. The van der Waals surface area contributed by atoms with Crippen molar-refractivity contribution < 1.29 is 4.79 Å². The first-order valence-electron chi connectivity index (χ1n) is 12.8. The van der Waals surface area contributed by atoms with Crippen LogP contribution in [0.1, 0.15) is 58.5 Å². The molecular weight excluding hydrogens is 466 g/mol. The Hall–Kier alpha value is -3.11. The summed E-state index contributed by atoms with van der Waals surface area (Å²) in [6.07, 6.45) is 4.36. The number of nitrogens with one attached hydrogen (secondary N) is 1. The van der Waals surface area contributed by atoms with Crippen molar-refractivity contribution >= 4 is 28.5 Å². The van der Waals surface area contributed by atoms with E-state index in [-0.39, 0.29) is 5.91 Å². The lowest BCUT2D eigenvalue weighted by Gasteiger charge is -2.18. The fourth-order valence-corrected chi connectivity index (χ4v) is 4.98. The summed E-state index contributed by atoms with van der Waals surface area (Å²) in [7, 11) is 0. The van der Waals surface area contributed by atoms with E-state index in [1.54, 1.807) is 0 Å². The third kappa shape index (κ3) is 6.17. The van der Waals surface area contributed by atoms with Crippen LogP contribution in [-0.4, -0.2) is 22.0 Å². The number of nitrogens with zero attached hydrogens (tertiary/aromatic N) is 2. The number of unbranched alkanes of at least 4 members (excludes halogenated alkanes) is 2. The number of para-hydroxylation sites is 2. The molecule has 1 N–H and O–H groups in total. The molecule has 1 aromatic heterocycles. The summed E-state index contributed by atoms with van der Waals surface area (Å²) in [4.78, 5) is 17.2. The van der Waals surface area contributed by atoms with E-state index in [2.05, 4.69) is 67.9 Å². The predicted octanol–water partition coefficient (Wildman–Crippen LogP) is 7.04. The number of halogens is 1. The molecule has 0 aliphatic carbocycles. The number of hydrogen-bond acceptors (Lipinski definition) is 2. The molecule has 1 heterocycles. The Morgan fingerprint density at radius 3 is 2.33 bits per heavy atom. The maximum Gasteiger partial charge on any atom is 0.224 e. The van der Waals surface area contributed by atoms with Gasteiger partial charge < -0.3 is 9.88 Å². The number of hydrogen-bond donors (Lipinski definition) is 1. The zero-order valence-corrected chi connectivity index (χ0v) is 22.6. The summed E-state index contributed by atoms with van der Waals surface area (Å²) in [5.41, 5.74) is 10.1. The Kier molecular flexibility index (Phi) is 8.48. The average molecular weight is 502 g/mol. The molecule has 188 valence electrons. The van der Waals surface area contributed by atoms with Gasteiger partial charge in [0.25, 0.3) is 0 Å². The molecule has 0 atom stereocenters. The third-order valence-corrected chi connectivity index (χ3v) is 7.50. The minimum absolute atomic E-state index is 0.0540. The van der Waals surface area contributed by atoms with Gasteiger partial charge in [-0.05, 0) is 98.2 Å². The number of carbonyl (C=O) groups excluding carboxylic acids is 1. The van der Waals surface area contributed by atoms with E-state index in [0.29, 0.717) is 18.0 Å². The van der Waals surface area contributed by atoms with Gasteiger partial charge in [-0.15, -0.1) is 0 Å². The first kappa shape index (κ1) is 26.0. The van der Waals surface area contributed by atoms with E-state index < -0.39 is 0 Å². The molecule has 3 aromatic carbocycles. The van der Waals surface area contributed by atoms with E-state index in [1.165, 1.54) is 33.3 Å². The molecule has 4 nitrogen and oxygen atoms in total. The first-order valence-corrected chi connectivity index (χ1v) is 13.2. The van der Waals surface area contributed by atoms with Crippen LogP contribution in [0.4, 0.5) is 0 Å². The fourth-order valence-electron chi connectivity index (χ4n) is 4.85. The largest absolute Gasteiger partial charge is 0.356 e. The summed E-state index contributed by atoms with van der Waals surface area (Å²) >= 11 is 5.92. The van der Waals surface area contributed by atoms with Gasteiger partial charge in [-0.25, -0.2) is 4.98 Å². The van der Waals surface area contributed by atoms with Gasteiger partial charge in [0.1, 0.15) is 5.82 Å². The van der Waals surface area contributed by atoms with Crippen molar-refractivity contribution in [1.29, 1.82) is 0 Å². The van der Waals surface area contributed by atoms with E-state index in [9.17, 15) is 4.79 Å². The van der Waals surface area contributed by atoms with Crippen LogP contribution < -0.4 is 5.32 Å². The van der Waals surface area contributed by atoms with Crippen LogP contribution in [0.5, 0.6) is 0 Å². The standard InChI is InChI=1S/C31H36ClN3O/c1-21-18-22(2)24(4)27(23(21)3)20-35-29-11-8-7-10-28(29)34-30(35)12-6-5-9-17-33-31(36)19-25-13-15-26(32)16-14-25/h7-8,10-11,13-16,18H,5-6,9,12,17,19-20H2,1-4H3,(H,33,36). The minimum atomic E-state index is 0.0540. The zero-order valence-electron chi connectivity index (χ0n) is 21.8. The smallest absolute Gasteiger partial charge is 0.224 e. The average Bonchev–Trinajstić information content (AvgIpc) is 3.21. The van der Waals surface area contributed by atoms with Gasteiger partial charge >= 0.3 is 0 Å². The normalized spacial score (nSPS) is 11.2. The van der Waals surface area contributed by atoms with Crippen molar-refractivity contribution in [3.8, 4) is 0 Å². The highest BCUT2D eigenvalue weighted by atomic mass is 35.5. The molecule has 0 spiro atoms. The Balaban J connectivity index is 1.35. The molecule has 5 heteroatoms. The Labute approximate surface area is 219 Å². The molecule has 0 unspecified atom stereocenters. The van der Waals surface area contributed by atoms with Crippen molar-refractivity contribution in [3.05, 3.63) is 98.8 Å². The second-order valence-corrected chi connectivity index (χ2v) is 10.2. The van der Waals surface area contributed by atoms with Crippen molar-refractivity contribution in [2.45, 2.75) is 66.3 Å². The molecule has 36 heavy (non-hydrogen) atoms. The van der Waals surface area contributed by atoms with Crippen LogP contribution in [0.3, 0.4) is 0 Å². The number of rotatable bonds is 10. The fraction of sp³-hybridized carbons (Fsp3) is 0.355. The molecule has 1 amide bonds. The number of aromatic nitrogens is 2. The van der Waals surface area contributed by atoms with Gasteiger partial charge in [0.2, 0.25) is 5.91 Å². The van der Waals surface area contributed by atoms with Gasteiger partial charge in [0.05, 0.1) is 17.5 Å². The van der Waals surface area contributed by atoms with Gasteiger partial charge in [-0.1, -0.05) is 48.4 Å². The molecule has 0 saturated heterocycles. The molecule has 0 aliphatic heterocycles. The molecule has 0 bridgehead atoms. The van der Waals surface area contributed by atoms with E-state index in [4.69, 9.17) is 16.6 Å². The molecule has 4 rings (SSSR count). The van der Waals surface area contributed by atoms with Crippen LogP contribution in [-0.2, 0) is 24.2 Å². The monoisotopic (exact) mass is 501 g/mol. The molecule has 4 aromatic rings. The summed E-state index contributed by atoms with van der Waals surface area (Å²) in [5, 5.41) is 3.73. The lowest BCUT2D eigenvalue weighted by molar-refractivity contribution is -0.120. The summed E-state index contributed by atoms with van der Waals surface area (Å²) in [6, 6.07) is 18.2. The Morgan fingerprint density at radius 1 is 0.917 bits per heavy atom. The van der Waals surface area contributed by atoms with Gasteiger partial charge in [-0.3, -0.25) is 4.79 Å². The van der Waals surface area contributed by atoms with Crippen molar-refractivity contribution in [2.24, 2.45) is 0 Å². The van der Waals surface area contributed by atoms with Crippen molar-refractivity contribution in [3.63, 3.8) is 0 Å². The van der Waals surface area contributed by atoms with Crippen LogP contribution >= 0.6 is 11.6 Å². The van der Waals surface area contributed by atoms with Crippen LogP contribution in [0.15, 0.2) is 54.6 Å². The van der Waals surface area contributed by atoms with Gasteiger partial charge in [0.15, 0.2) is 0 Å². The summed E-state index contributed by atoms with van der Waals surface area (Å²) < 4.78 is 2.40. The number of carbonyl (C=O) groups is 1. The lowest BCUT2D eigenvalue weighted by Crippen LogP contribution is -2.26. The predicted molar refractivity (Wildman–Crippen MR) is 150 cm³/mol. The minimum Gasteiger partial charge on any atom is -0.356 e. The quantitative estimate of drug-likeness (QED) is 0.237. The van der Waals surface area contributed by atoms with Gasteiger partial charge in [-0.2, -0.15) is 0 Å². The highest BCUT2D eigenvalue weighted by Gasteiger charge is 2.15. The Morgan fingerprint density at radius 2 is 1.61 bits per heavy atom. The first-order chi connectivity index (χ1) is 17.3. The number of fused-ring (bicyclic) bond motifs is 1. The van der Waals surface area contributed by atoms with Crippen molar-refractivity contribution in [2.75, 3.05) is 6.54 Å². The Bertz CT molecular complexity index is 1330. The molecular formula is C31H36ClN3O. The highest BCUT2D eigenvalue weighted by molar-refractivity contribution is 6.30. The topological polar surface area (TPSA) is 46.9 Å².